The molecule has 1 aliphatic rings. The van der Waals surface area contributed by atoms with Crippen molar-refractivity contribution in [2.24, 2.45) is 0 Å². The second-order valence-corrected chi connectivity index (χ2v) is 7.34. The lowest BCUT2D eigenvalue weighted by Gasteiger charge is -2.24. The van der Waals surface area contributed by atoms with Crippen LogP contribution in [0, 0.1) is 6.92 Å². The first-order valence-corrected chi connectivity index (χ1v) is 9.14. The zero-order valence-corrected chi connectivity index (χ0v) is 15.6. The number of hydrogen-bond acceptors (Lipinski definition) is 4. The van der Waals surface area contributed by atoms with E-state index in [1.54, 1.807) is 17.0 Å². The van der Waals surface area contributed by atoms with Gasteiger partial charge in [0.05, 0.1) is 6.54 Å². The predicted molar refractivity (Wildman–Crippen MR) is 103 cm³/mol. The summed E-state index contributed by atoms with van der Waals surface area (Å²) in [6.45, 7) is 2.60. The molecule has 2 heterocycles. The normalized spacial score (nSPS) is 19.4. The van der Waals surface area contributed by atoms with Gasteiger partial charge in [-0.25, -0.2) is 0 Å². The van der Waals surface area contributed by atoms with Gasteiger partial charge in [0.2, 0.25) is 0 Å². The number of aliphatic hydroxyl groups is 1. The van der Waals surface area contributed by atoms with Crippen LogP contribution in [-0.2, 0) is 5.60 Å². The molecular weight excluding hydrogens is 364 g/mol. The smallest absolute Gasteiger partial charge is 0.259 e. The van der Waals surface area contributed by atoms with Crippen molar-refractivity contribution in [3.63, 3.8) is 0 Å². The summed E-state index contributed by atoms with van der Waals surface area (Å²) in [5.41, 5.74) is 2.33. The van der Waals surface area contributed by atoms with Crippen molar-refractivity contribution < 1.29 is 14.4 Å². The first-order valence-electron chi connectivity index (χ1n) is 8.76. The Balaban J connectivity index is 1.60. The molecule has 1 atom stereocenters. The number of carbonyl (C=O) groups is 1. The number of rotatable bonds is 3. The third-order valence-corrected chi connectivity index (χ3v) is 5.36. The Hall–Kier alpha value is -2.63. The van der Waals surface area contributed by atoms with Gasteiger partial charge in [-0.3, -0.25) is 4.79 Å². The van der Waals surface area contributed by atoms with Crippen LogP contribution in [0.25, 0.3) is 11.3 Å². The Bertz CT molecular complexity index is 983. The molecule has 0 spiro atoms. The zero-order valence-electron chi connectivity index (χ0n) is 14.9. The van der Waals surface area contributed by atoms with Crippen LogP contribution < -0.4 is 0 Å². The summed E-state index contributed by atoms with van der Waals surface area (Å²) >= 11 is 6.25. The number of aryl methyl sites for hydroxylation is 1. The zero-order chi connectivity index (χ0) is 19.0. The van der Waals surface area contributed by atoms with E-state index in [9.17, 15) is 9.90 Å². The molecule has 2 aromatic carbocycles. The van der Waals surface area contributed by atoms with Crippen LogP contribution in [0.2, 0.25) is 5.02 Å². The third kappa shape index (κ3) is 3.24. The van der Waals surface area contributed by atoms with E-state index in [1.165, 1.54) is 6.26 Å². The molecule has 1 aliphatic heterocycles. The van der Waals surface area contributed by atoms with E-state index >= 15 is 0 Å². The summed E-state index contributed by atoms with van der Waals surface area (Å²) in [4.78, 5) is 14.7. The number of halogens is 1. The number of benzene rings is 2. The van der Waals surface area contributed by atoms with Crippen molar-refractivity contribution in [3.05, 3.63) is 76.5 Å². The SMILES string of the molecule is Cc1ccc(-c2nocc2C(=O)N2CCC(O)(c3ccccc3Cl)C2)cc1. The van der Waals surface area contributed by atoms with Gasteiger partial charge in [0.15, 0.2) is 0 Å². The van der Waals surface area contributed by atoms with Crippen molar-refractivity contribution >= 4 is 17.5 Å². The van der Waals surface area contributed by atoms with Gasteiger partial charge in [-0.15, -0.1) is 0 Å². The summed E-state index contributed by atoms with van der Waals surface area (Å²) in [6, 6.07) is 14.9. The summed E-state index contributed by atoms with van der Waals surface area (Å²) in [5.74, 6) is -0.213. The lowest BCUT2D eigenvalue weighted by Crippen LogP contribution is -2.34. The van der Waals surface area contributed by atoms with Crippen LogP contribution in [0.15, 0.2) is 59.3 Å². The minimum Gasteiger partial charge on any atom is -0.383 e. The van der Waals surface area contributed by atoms with Gasteiger partial charge in [-0.1, -0.05) is 64.8 Å². The molecule has 1 fully saturated rings. The number of hydrogen-bond donors (Lipinski definition) is 1. The highest BCUT2D eigenvalue weighted by Gasteiger charge is 2.41. The molecule has 1 N–H and O–H groups in total. The molecule has 3 aromatic rings. The first-order chi connectivity index (χ1) is 13.0. The summed E-state index contributed by atoms with van der Waals surface area (Å²) in [7, 11) is 0. The van der Waals surface area contributed by atoms with E-state index in [0.29, 0.717) is 34.8 Å². The van der Waals surface area contributed by atoms with E-state index in [0.717, 1.165) is 11.1 Å². The molecule has 4 rings (SSSR count). The maximum Gasteiger partial charge on any atom is 0.259 e. The molecular formula is C21H19ClN2O3. The number of likely N-dealkylation sites (tertiary alicyclic amines) is 1. The highest BCUT2D eigenvalue weighted by Crippen LogP contribution is 2.37. The molecule has 0 aliphatic carbocycles. The minimum atomic E-state index is -1.16. The summed E-state index contributed by atoms with van der Waals surface area (Å²) in [5, 5.41) is 15.6. The standard InChI is InChI=1S/C21H19ClN2O3/c1-14-6-8-15(9-7-14)19-16(12-27-23-19)20(25)24-11-10-21(26,13-24)17-4-2-3-5-18(17)22/h2-9,12,26H,10-11,13H2,1H3. The molecule has 0 bridgehead atoms. The second kappa shape index (κ2) is 6.83. The third-order valence-electron chi connectivity index (χ3n) is 5.04. The maximum absolute atomic E-state index is 13.1. The molecule has 6 heteroatoms. The fourth-order valence-corrected chi connectivity index (χ4v) is 3.82. The van der Waals surface area contributed by atoms with Crippen LogP contribution in [0.4, 0.5) is 0 Å². The van der Waals surface area contributed by atoms with Crippen molar-refractivity contribution in [1.82, 2.24) is 10.1 Å². The van der Waals surface area contributed by atoms with E-state index in [2.05, 4.69) is 5.16 Å². The molecule has 1 saturated heterocycles. The Morgan fingerprint density at radius 2 is 1.96 bits per heavy atom. The molecule has 27 heavy (non-hydrogen) atoms. The lowest BCUT2D eigenvalue weighted by atomic mass is 9.93. The van der Waals surface area contributed by atoms with Crippen LogP contribution in [0.1, 0.15) is 27.9 Å². The van der Waals surface area contributed by atoms with E-state index < -0.39 is 5.60 Å². The molecule has 0 radical (unpaired) electrons. The van der Waals surface area contributed by atoms with Gasteiger partial charge in [-0.2, -0.15) is 0 Å². The second-order valence-electron chi connectivity index (χ2n) is 6.93. The van der Waals surface area contributed by atoms with Gasteiger partial charge in [0.1, 0.15) is 23.1 Å². The van der Waals surface area contributed by atoms with Crippen molar-refractivity contribution in [1.29, 1.82) is 0 Å². The Labute approximate surface area is 162 Å². The van der Waals surface area contributed by atoms with Crippen LogP contribution in [0.5, 0.6) is 0 Å². The summed E-state index contributed by atoms with van der Waals surface area (Å²) in [6.07, 6.45) is 1.79. The molecule has 1 unspecified atom stereocenters. The lowest BCUT2D eigenvalue weighted by molar-refractivity contribution is 0.0418. The average Bonchev–Trinajstić information content (AvgIpc) is 3.30. The quantitative estimate of drug-likeness (QED) is 0.742. The number of β-amino-alcohol motifs (C(OH)–C–C–N with tert-alkyl or cyclic N) is 1. The van der Waals surface area contributed by atoms with Crippen LogP contribution in [0.3, 0.4) is 0 Å². The molecule has 138 valence electrons. The van der Waals surface area contributed by atoms with Gasteiger partial charge in [0, 0.05) is 22.7 Å². The topological polar surface area (TPSA) is 66.6 Å². The molecule has 1 amide bonds. The van der Waals surface area contributed by atoms with Gasteiger partial charge < -0.3 is 14.5 Å². The van der Waals surface area contributed by atoms with Crippen molar-refractivity contribution in [2.45, 2.75) is 18.9 Å². The Kier molecular flexibility index (Phi) is 4.50. The van der Waals surface area contributed by atoms with Gasteiger partial charge in [-0.05, 0) is 19.4 Å². The van der Waals surface area contributed by atoms with Crippen LogP contribution in [-0.4, -0.2) is 34.2 Å². The van der Waals surface area contributed by atoms with E-state index in [4.69, 9.17) is 16.1 Å². The largest absolute Gasteiger partial charge is 0.383 e. The number of nitrogens with zero attached hydrogens (tertiary/aromatic N) is 2. The number of aromatic nitrogens is 1. The van der Waals surface area contributed by atoms with Gasteiger partial charge >= 0.3 is 0 Å². The Morgan fingerprint density at radius 1 is 1.22 bits per heavy atom. The van der Waals surface area contributed by atoms with E-state index in [1.807, 2.05) is 43.3 Å². The minimum absolute atomic E-state index is 0.175. The van der Waals surface area contributed by atoms with Gasteiger partial charge in [0.25, 0.3) is 5.91 Å². The molecule has 5 nitrogen and oxygen atoms in total. The maximum atomic E-state index is 13.1. The first kappa shape index (κ1) is 17.8. The fraction of sp³-hybridized carbons (Fsp3) is 0.238. The highest BCUT2D eigenvalue weighted by molar-refractivity contribution is 6.31. The van der Waals surface area contributed by atoms with Crippen LogP contribution >= 0.6 is 11.6 Å². The fourth-order valence-electron chi connectivity index (χ4n) is 3.50. The molecule has 1 aromatic heterocycles. The van der Waals surface area contributed by atoms with Crippen molar-refractivity contribution in [3.8, 4) is 11.3 Å². The predicted octanol–water partition coefficient (Wildman–Crippen LogP) is 4.04. The summed E-state index contributed by atoms with van der Waals surface area (Å²) < 4.78 is 5.09. The highest BCUT2D eigenvalue weighted by atomic mass is 35.5. The van der Waals surface area contributed by atoms with E-state index in [-0.39, 0.29) is 12.5 Å². The monoisotopic (exact) mass is 382 g/mol. The average molecular weight is 383 g/mol. The number of amides is 1. The molecule has 0 saturated carbocycles. The van der Waals surface area contributed by atoms with Crippen molar-refractivity contribution in [2.75, 3.05) is 13.1 Å². The Morgan fingerprint density at radius 3 is 2.70 bits per heavy atom. The number of carbonyl (C=O) groups excluding carboxylic acids is 1.